The monoisotopic (exact) mass is 855 g/mol. The summed E-state index contributed by atoms with van der Waals surface area (Å²) < 4.78 is 23.1. The van der Waals surface area contributed by atoms with Crippen LogP contribution in [0.1, 0.15) is 89.2 Å². The van der Waals surface area contributed by atoms with Crippen LogP contribution in [0, 0.1) is 17.3 Å². The van der Waals surface area contributed by atoms with Gasteiger partial charge in [-0.25, -0.2) is 4.68 Å². The van der Waals surface area contributed by atoms with Crippen molar-refractivity contribution in [3.63, 3.8) is 0 Å². The number of methoxy groups -OCH3 is 1. The van der Waals surface area contributed by atoms with E-state index in [1.54, 1.807) is 73.0 Å². The Kier molecular flexibility index (Phi) is 18.0. The number of hydrogen-bond acceptors (Lipinski definition) is 15. The van der Waals surface area contributed by atoms with Crippen LogP contribution in [0.3, 0.4) is 0 Å². The number of carbonyl (C=O) groups excluding carboxylic acids is 6. The Morgan fingerprint density at radius 3 is 2.33 bits per heavy atom. The van der Waals surface area contributed by atoms with Gasteiger partial charge < -0.3 is 39.6 Å². The molecule has 3 amide bonds. The number of ketones is 2. The molecule has 61 heavy (non-hydrogen) atoms. The summed E-state index contributed by atoms with van der Waals surface area (Å²) in [6, 6.07) is 3.27. The van der Waals surface area contributed by atoms with Gasteiger partial charge in [0.1, 0.15) is 36.4 Å². The standard InChI is InChI=1S/C43H61N5O13/c1-25(2)31(20-30(49)21-33(48-37(52)12-13-38(48)53)32-22-47(46-45-32)14-15-59-17-16-58-7)41(56)44-26(3)34(50)19-27-8-9-29(23-61-42(57)43(4,5)6)28(18-27)10-11-36-40(55)39(54)35(51)24-60-36/h8-9,12-13,18,22,25-26,31,33,35-36,39-40,51,54-55H,10-11,14-17,19-21,23-24H2,1-7H3,(H,44,56)/t26-,31-,33-,35+,36-,39-,40-/m0/s1. The van der Waals surface area contributed by atoms with E-state index in [1.165, 1.54) is 4.68 Å². The second-order valence-corrected chi connectivity index (χ2v) is 17.0. The van der Waals surface area contributed by atoms with Crippen LogP contribution in [-0.4, -0.2) is 134 Å². The number of nitrogens with one attached hydrogen (secondary N) is 1. The second kappa shape index (κ2) is 22.4. The normalized spacial score (nSPS) is 20.8. The van der Waals surface area contributed by atoms with E-state index < -0.39 is 77.3 Å². The van der Waals surface area contributed by atoms with E-state index in [9.17, 15) is 44.1 Å². The molecule has 4 N–H and O–H groups in total. The lowest BCUT2D eigenvalue weighted by Gasteiger charge is -2.35. The van der Waals surface area contributed by atoms with Crippen molar-refractivity contribution in [3.8, 4) is 0 Å². The Bertz CT molecular complexity index is 1870. The predicted molar refractivity (Wildman–Crippen MR) is 217 cm³/mol. The van der Waals surface area contributed by atoms with Crippen molar-refractivity contribution in [2.45, 2.75) is 123 Å². The SMILES string of the molecule is COCCOCCn1cc([C@H](CC(=O)C[C@H](C(=O)N[C@@H](C)C(=O)Cc2ccc(COC(=O)C(C)(C)C)c(CC[C@@H]3OC[C@@H](O)[C@H](O)[C@H]3O)c2)C(C)C)N2C(=O)C=CC2=O)nn1. The number of esters is 1. The molecule has 2 aromatic rings. The van der Waals surface area contributed by atoms with E-state index >= 15 is 0 Å². The largest absolute Gasteiger partial charge is 0.460 e. The first-order valence-electron chi connectivity index (χ1n) is 20.6. The summed E-state index contributed by atoms with van der Waals surface area (Å²) in [5.41, 5.74) is 1.50. The molecule has 0 bridgehead atoms. The molecule has 3 heterocycles. The average Bonchev–Trinajstić information content (AvgIpc) is 3.81. The summed E-state index contributed by atoms with van der Waals surface area (Å²) in [5, 5.41) is 41.5. The van der Waals surface area contributed by atoms with Gasteiger partial charge in [-0.3, -0.25) is 33.7 Å². The Hall–Kier alpha value is -4.72. The molecular formula is C43H61N5O13. The Balaban J connectivity index is 1.42. The van der Waals surface area contributed by atoms with Gasteiger partial charge in [0.05, 0.1) is 62.8 Å². The molecule has 7 atom stereocenters. The Morgan fingerprint density at radius 2 is 1.67 bits per heavy atom. The summed E-state index contributed by atoms with van der Waals surface area (Å²) in [4.78, 5) is 79.9. The fourth-order valence-corrected chi connectivity index (χ4v) is 6.90. The van der Waals surface area contributed by atoms with E-state index in [0.717, 1.165) is 22.6 Å². The molecule has 0 saturated carbocycles. The minimum atomic E-state index is -1.36. The maximum atomic E-state index is 13.7. The summed E-state index contributed by atoms with van der Waals surface area (Å²) >= 11 is 0. The molecule has 1 saturated heterocycles. The fraction of sp³-hybridized carbons (Fsp3) is 0.628. The second-order valence-electron chi connectivity index (χ2n) is 17.0. The third kappa shape index (κ3) is 13.9. The molecule has 1 fully saturated rings. The van der Waals surface area contributed by atoms with E-state index in [-0.39, 0.29) is 56.3 Å². The van der Waals surface area contributed by atoms with Gasteiger partial charge in [-0.15, -0.1) is 5.10 Å². The molecule has 18 nitrogen and oxygen atoms in total. The van der Waals surface area contributed by atoms with E-state index in [1.807, 2.05) is 0 Å². The smallest absolute Gasteiger partial charge is 0.311 e. The van der Waals surface area contributed by atoms with Crippen LogP contribution < -0.4 is 5.32 Å². The number of aliphatic hydroxyl groups is 3. The first kappa shape index (κ1) is 48.9. The van der Waals surface area contributed by atoms with Crippen molar-refractivity contribution in [2.75, 3.05) is 33.5 Å². The van der Waals surface area contributed by atoms with Gasteiger partial charge in [0.2, 0.25) is 5.91 Å². The highest BCUT2D eigenvalue weighted by Crippen LogP contribution is 2.29. The van der Waals surface area contributed by atoms with Crippen LogP contribution in [0.15, 0.2) is 36.5 Å². The quantitative estimate of drug-likeness (QED) is 0.0700. The zero-order valence-electron chi connectivity index (χ0n) is 36.1. The van der Waals surface area contributed by atoms with Gasteiger partial charge in [0.25, 0.3) is 11.8 Å². The maximum Gasteiger partial charge on any atom is 0.311 e. The lowest BCUT2D eigenvalue weighted by molar-refractivity contribution is -0.188. The number of ether oxygens (including phenoxy) is 4. The average molecular weight is 856 g/mol. The molecular weight excluding hydrogens is 794 g/mol. The number of nitrogens with zero attached hydrogens (tertiary/aromatic N) is 4. The molecule has 1 aromatic carbocycles. The van der Waals surface area contributed by atoms with Crippen molar-refractivity contribution in [2.24, 2.45) is 17.3 Å². The highest BCUT2D eigenvalue weighted by atomic mass is 16.5. The minimum absolute atomic E-state index is 0.0373. The summed E-state index contributed by atoms with van der Waals surface area (Å²) in [7, 11) is 1.56. The van der Waals surface area contributed by atoms with Crippen LogP contribution in [0.4, 0.5) is 0 Å². The molecule has 0 unspecified atom stereocenters. The third-order valence-corrected chi connectivity index (χ3v) is 10.7. The van der Waals surface area contributed by atoms with Crippen molar-refractivity contribution in [3.05, 3.63) is 58.9 Å². The lowest BCUT2D eigenvalue weighted by Crippen LogP contribution is -2.52. The number of Topliss-reactive ketones (excluding diaryl/α,β-unsaturated/α-hetero) is 2. The summed E-state index contributed by atoms with van der Waals surface area (Å²) in [5.74, 6) is -3.99. The van der Waals surface area contributed by atoms with Gasteiger partial charge >= 0.3 is 5.97 Å². The molecule has 0 radical (unpaired) electrons. The number of imide groups is 1. The molecule has 2 aliphatic rings. The molecule has 18 heteroatoms. The van der Waals surface area contributed by atoms with E-state index in [0.29, 0.717) is 43.9 Å². The van der Waals surface area contributed by atoms with Gasteiger partial charge in [0.15, 0.2) is 5.78 Å². The van der Waals surface area contributed by atoms with Crippen molar-refractivity contribution in [1.82, 2.24) is 25.2 Å². The van der Waals surface area contributed by atoms with Crippen LogP contribution in [0.25, 0.3) is 0 Å². The number of benzene rings is 1. The highest BCUT2D eigenvalue weighted by molar-refractivity contribution is 6.13. The molecule has 0 spiro atoms. The molecule has 336 valence electrons. The van der Waals surface area contributed by atoms with Crippen LogP contribution in [0.5, 0.6) is 0 Å². The first-order chi connectivity index (χ1) is 28.8. The number of aliphatic hydroxyl groups excluding tert-OH is 3. The van der Waals surface area contributed by atoms with Crippen molar-refractivity contribution in [1.29, 1.82) is 0 Å². The van der Waals surface area contributed by atoms with Gasteiger partial charge in [0, 0.05) is 44.4 Å². The number of aryl methyl sites for hydroxylation is 1. The molecule has 1 aromatic heterocycles. The van der Waals surface area contributed by atoms with Crippen LogP contribution >= 0.6 is 0 Å². The number of amides is 3. The number of rotatable bonds is 23. The Morgan fingerprint density at radius 1 is 0.967 bits per heavy atom. The van der Waals surface area contributed by atoms with Crippen molar-refractivity contribution >= 4 is 35.3 Å². The Labute approximate surface area is 355 Å². The number of carbonyl (C=O) groups is 6. The fourth-order valence-electron chi connectivity index (χ4n) is 6.90. The van der Waals surface area contributed by atoms with E-state index in [2.05, 4.69) is 15.6 Å². The van der Waals surface area contributed by atoms with Gasteiger partial charge in [-0.1, -0.05) is 37.3 Å². The molecule has 0 aliphatic carbocycles. The predicted octanol–water partition coefficient (Wildman–Crippen LogP) is 1.35. The highest BCUT2D eigenvalue weighted by Gasteiger charge is 2.38. The zero-order chi connectivity index (χ0) is 45.0. The minimum Gasteiger partial charge on any atom is -0.460 e. The number of aromatic nitrogens is 3. The van der Waals surface area contributed by atoms with Crippen LogP contribution in [-0.2, 0) is 73.7 Å². The van der Waals surface area contributed by atoms with Crippen molar-refractivity contribution < 1.29 is 63.0 Å². The molecule has 2 aliphatic heterocycles. The lowest BCUT2D eigenvalue weighted by atomic mass is 9.87. The zero-order valence-corrected chi connectivity index (χ0v) is 36.1. The number of hydrogen-bond donors (Lipinski definition) is 4. The maximum absolute atomic E-state index is 13.7. The van der Waals surface area contributed by atoms with Crippen LogP contribution in [0.2, 0.25) is 0 Å². The summed E-state index contributed by atoms with van der Waals surface area (Å²) in [6.07, 6.45) is -0.896. The van der Waals surface area contributed by atoms with Gasteiger partial charge in [-0.05, 0) is 63.1 Å². The van der Waals surface area contributed by atoms with E-state index in [4.69, 9.17) is 18.9 Å². The van der Waals surface area contributed by atoms with Gasteiger partial charge in [-0.2, -0.15) is 0 Å². The first-order valence-corrected chi connectivity index (χ1v) is 20.6. The topological polar surface area (TPSA) is 246 Å². The summed E-state index contributed by atoms with van der Waals surface area (Å²) in [6.45, 7) is 11.6. The third-order valence-electron chi connectivity index (χ3n) is 10.7. The molecule has 4 rings (SSSR count).